The van der Waals surface area contributed by atoms with Crippen molar-refractivity contribution in [3.8, 4) is 0 Å². The van der Waals surface area contributed by atoms with Gasteiger partial charge < -0.3 is 19.1 Å². The van der Waals surface area contributed by atoms with Crippen LogP contribution in [0.25, 0.3) is 10.2 Å². The largest absolute Gasteiger partial charge is 0.450 e. The summed E-state index contributed by atoms with van der Waals surface area (Å²) in [6.07, 6.45) is -0.303. The van der Waals surface area contributed by atoms with Crippen molar-refractivity contribution in [2.24, 2.45) is 0 Å². The van der Waals surface area contributed by atoms with E-state index in [1.165, 1.54) is 11.1 Å². The van der Waals surface area contributed by atoms with Crippen molar-refractivity contribution >= 4 is 33.6 Å². The van der Waals surface area contributed by atoms with Crippen molar-refractivity contribution in [3.63, 3.8) is 0 Å². The summed E-state index contributed by atoms with van der Waals surface area (Å²) in [7, 11) is 0. The number of hydrogen-bond donors (Lipinski definition) is 0. The van der Waals surface area contributed by atoms with Crippen LogP contribution in [0.3, 0.4) is 0 Å². The molecular weight excluding hydrogens is 386 g/mol. The van der Waals surface area contributed by atoms with Gasteiger partial charge in [-0.3, -0.25) is 4.79 Å². The van der Waals surface area contributed by atoms with Crippen molar-refractivity contribution in [2.45, 2.75) is 20.4 Å². The molecule has 4 rings (SSSR count). The maximum Gasteiger partial charge on any atom is 0.409 e. The fraction of sp³-hybridized carbons (Fsp3) is 0.364. The van der Waals surface area contributed by atoms with E-state index in [9.17, 15) is 9.59 Å². The predicted octanol–water partition coefficient (Wildman–Crippen LogP) is 3.97. The third kappa shape index (κ3) is 4.00. The van der Waals surface area contributed by atoms with Crippen LogP contribution in [0.15, 0.2) is 41.8 Å². The molecule has 29 heavy (non-hydrogen) atoms. The first-order valence-corrected chi connectivity index (χ1v) is 10.8. The standard InChI is InChI=1S/C22H25N3O3S/c1-3-28-22(27)24-10-8-23(9-11-24)20(26)19-14-18-7-12-29-21(18)25(19)15-17-6-4-5-16(2)13-17/h4-7,12-14H,3,8-11,15H2,1-2H3. The number of aromatic nitrogens is 1. The van der Waals surface area contributed by atoms with E-state index in [2.05, 4.69) is 47.2 Å². The Kier molecular flexibility index (Phi) is 5.58. The first-order valence-electron chi connectivity index (χ1n) is 9.90. The van der Waals surface area contributed by atoms with Crippen molar-refractivity contribution in [1.82, 2.24) is 14.4 Å². The lowest BCUT2D eigenvalue weighted by atomic mass is 10.1. The van der Waals surface area contributed by atoms with Crippen LogP contribution in [0.4, 0.5) is 4.79 Å². The molecule has 1 aliphatic heterocycles. The van der Waals surface area contributed by atoms with Gasteiger partial charge in [-0.25, -0.2) is 4.79 Å². The van der Waals surface area contributed by atoms with Gasteiger partial charge in [0.15, 0.2) is 0 Å². The summed E-state index contributed by atoms with van der Waals surface area (Å²) in [5, 5.41) is 3.15. The minimum Gasteiger partial charge on any atom is -0.450 e. The first kappa shape index (κ1) is 19.5. The molecule has 0 N–H and O–H groups in total. The van der Waals surface area contributed by atoms with Crippen LogP contribution in [-0.4, -0.2) is 59.2 Å². The highest BCUT2D eigenvalue weighted by Crippen LogP contribution is 2.27. The molecule has 152 valence electrons. The zero-order chi connectivity index (χ0) is 20.4. The molecule has 7 heteroatoms. The quantitative estimate of drug-likeness (QED) is 0.653. The predicted molar refractivity (Wildman–Crippen MR) is 115 cm³/mol. The molecule has 0 bridgehead atoms. The number of nitrogens with zero attached hydrogens (tertiary/aromatic N) is 3. The van der Waals surface area contributed by atoms with Crippen LogP contribution < -0.4 is 0 Å². The van der Waals surface area contributed by atoms with Gasteiger partial charge in [-0.15, -0.1) is 11.3 Å². The molecule has 0 unspecified atom stereocenters. The van der Waals surface area contributed by atoms with Gasteiger partial charge in [0.05, 0.1) is 6.61 Å². The number of piperazine rings is 1. The zero-order valence-corrected chi connectivity index (χ0v) is 17.6. The lowest BCUT2D eigenvalue weighted by Crippen LogP contribution is -2.51. The fourth-order valence-electron chi connectivity index (χ4n) is 3.77. The second-order valence-electron chi connectivity index (χ2n) is 7.26. The monoisotopic (exact) mass is 411 g/mol. The van der Waals surface area contributed by atoms with Crippen molar-refractivity contribution in [2.75, 3.05) is 32.8 Å². The second-order valence-corrected chi connectivity index (χ2v) is 8.16. The highest BCUT2D eigenvalue weighted by atomic mass is 32.1. The number of rotatable bonds is 4. The number of carbonyl (C=O) groups is 2. The number of amides is 2. The molecule has 2 aromatic heterocycles. The highest BCUT2D eigenvalue weighted by molar-refractivity contribution is 7.16. The number of hydrogen-bond acceptors (Lipinski definition) is 4. The Balaban J connectivity index is 1.55. The van der Waals surface area contributed by atoms with Crippen molar-refractivity contribution < 1.29 is 14.3 Å². The number of thiophene rings is 1. The summed E-state index contributed by atoms with van der Waals surface area (Å²) in [6.45, 7) is 6.92. The summed E-state index contributed by atoms with van der Waals surface area (Å²) < 4.78 is 7.19. The van der Waals surface area contributed by atoms with Gasteiger partial charge in [0.25, 0.3) is 5.91 Å². The first-order chi connectivity index (χ1) is 14.1. The van der Waals surface area contributed by atoms with E-state index in [4.69, 9.17) is 4.74 Å². The van der Waals surface area contributed by atoms with Gasteiger partial charge in [0, 0.05) is 38.1 Å². The molecule has 2 amide bonds. The molecule has 0 atom stereocenters. The van der Waals surface area contributed by atoms with Crippen molar-refractivity contribution in [1.29, 1.82) is 0 Å². The molecule has 6 nitrogen and oxygen atoms in total. The maximum absolute atomic E-state index is 13.3. The Morgan fingerprint density at radius 3 is 2.55 bits per heavy atom. The molecule has 1 aromatic carbocycles. The van der Waals surface area contributed by atoms with Gasteiger partial charge in [-0.05, 0) is 36.9 Å². The van der Waals surface area contributed by atoms with Crippen LogP contribution in [0.5, 0.6) is 0 Å². The van der Waals surface area contributed by atoms with Crippen LogP contribution >= 0.6 is 11.3 Å². The van der Waals surface area contributed by atoms with Crippen LogP contribution in [0.2, 0.25) is 0 Å². The second kappa shape index (κ2) is 8.29. The van der Waals surface area contributed by atoms with E-state index in [1.54, 1.807) is 23.2 Å². The SMILES string of the molecule is CCOC(=O)N1CCN(C(=O)c2cc3ccsc3n2Cc2cccc(C)c2)CC1. The molecular formula is C22H25N3O3S. The number of aryl methyl sites for hydroxylation is 1. The molecule has 3 heterocycles. The number of ether oxygens (including phenoxy) is 1. The Bertz CT molecular complexity index is 1030. The van der Waals surface area contributed by atoms with E-state index < -0.39 is 0 Å². The molecule has 3 aromatic rings. The molecule has 1 saturated heterocycles. The summed E-state index contributed by atoms with van der Waals surface area (Å²) >= 11 is 1.65. The molecule has 0 spiro atoms. The average molecular weight is 412 g/mol. The van der Waals surface area contributed by atoms with E-state index >= 15 is 0 Å². The molecule has 0 aliphatic carbocycles. The number of carbonyl (C=O) groups excluding carboxylic acids is 2. The normalized spacial score (nSPS) is 14.4. The third-order valence-electron chi connectivity index (χ3n) is 5.24. The number of fused-ring (bicyclic) bond motifs is 1. The minimum absolute atomic E-state index is 0.0181. The lowest BCUT2D eigenvalue weighted by molar-refractivity contribution is 0.0563. The summed E-state index contributed by atoms with van der Waals surface area (Å²) in [5.74, 6) is 0.0181. The Morgan fingerprint density at radius 2 is 1.83 bits per heavy atom. The van der Waals surface area contributed by atoms with Crippen LogP contribution in [0.1, 0.15) is 28.5 Å². The third-order valence-corrected chi connectivity index (χ3v) is 6.19. The summed E-state index contributed by atoms with van der Waals surface area (Å²) in [4.78, 5) is 29.8. The Labute approximate surface area is 174 Å². The smallest absolute Gasteiger partial charge is 0.409 e. The van der Waals surface area contributed by atoms with Crippen LogP contribution in [-0.2, 0) is 11.3 Å². The van der Waals surface area contributed by atoms with E-state index in [-0.39, 0.29) is 12.0 Å². The minimum atomic E-state index is -0.303. The zero-order valence-electron chi connectivity index (χ0n) is 16.8. The van der Waals surface area contributed by atoms with Gasteiger partial charge >= 0.3 is 6.09 Å². The lowest BCUT2D eigenvalue weighted by Gasteiger charge is -2.34. The average Bonchev–Trinajstić information content (AvgIpc) is 3.30. The summed E-state index contributed by atoms with van der Waals surface area (Å²) in [5.41, 5.74) is 3.09. The van der Waals surface area contributed by atoms with Gasteiger partial charge in [-0.2, -0.15) is 0 Å². The molecule has 1 aliphatic rings. The highest BCUT2D eigenvalue weighted by Gasteiger charge is 2.28. The molecule has 1 fully saturated rings. The van der Waals surface area contributed by atoms with Gasteiger partial charge in [0.1, 0.15) is 10.5 Å². The summed E-state index contributed by atoms with van der Waals surface area (Å²) in [6, 6.07) is 12.4. The molecule has 0 saturated carbocycles. The van der Waals surface area contributed by atoms with Gasteiger partial charge in [0.2, 0.25) is 0 Å². The van der Waals surface area contributed by atoms with E-state index in [0.717, 1.165) is 10.2 Å². The Morgan fingerprint density at radius 1 is 1.07 bits per heavy atom. The van der Waals surface area contributed by atoms with E-state index in [1.807, 2.05) is 11.0 Å². The number of benzene rings is 1. The fourth-order valence-corrected chi connectivity index (χ4v) is 4.67. The van der Waals surface area contributed by atoms with Crippen LogP contribution in [0, 0.1) is 6.92 Å². The van der Waals surface area contributed by atoms with Crippen molar-refractivity contribution in [3.05, 3.63) is 58.6 Å². The Hall–Kier alpha value is -2.80. The van der Waals surface area contributed by atoms with Gasteiger partial charge in [-0.1, -0.05) is 29.8 Å². The topological polar surface area (TPSA) is 54.8 Å². The maximum atomic E-state index is 13.3. The molecule has 0 radical (unpaired) electrons. The van der Waals surface area contributed by atoms with E-state index in [0.29, 0.717) is 45.0 Å².